The topological polar surface area (TPSA) is 45.5 Å². The van der Waals surface area contributed by atoms with Crippen molar-refractivity contribution in [1.29, 1.82) is 0 Å². The predicted octanol–water partition coefficient (Wildman–Crippen LogP) is 2.86. The van der Waals surface area contributed by atoms with Gasteiger partial charge in [0.2, 0.25) is 0 Å². The Morgan fingerprint density at radius 1 is 1.00 bits per heavy atom. The van der Waals surface area contributed by atoms with Gasteiger partial charge in [-0.2, -0.15) is 0 Å². The quantitative estimate of drug-likeness (QED) is 0.690. The van der Waals surface area contributed by atoms with E-state index in [4.69, 9.17) is 13.3 Å². The zero-order valence-corrected chi connectivity index (χ0v) is 13.9. The first-order valence-corrected chi connectivity index (χ1v) is 8.91. The van der Waals surface area contributed by atoms with Crippen LogP contribution in [0.15, 0.2) is 18.7 Å². The molecule has 0 aliphatic rings. The lowest BCUT2D eigenvalue weighted by molar-refractivity contribution is 0.0712. The minimum Gasteiger partial charge on any atom is -0.374 e. The third-order valence-electron chi connectivity index (χ3n) is 2.29. The van der Waals surface area contributed by atoms with Crippen LogP contribution in [-0.2, 0) is 20.3 Å². The first-order valence-electron chi connectivity index (χ1n) is 6.97. The Bertz CT molecular complexity index is 265. The molecule has 0 unspecified atom stereocenters. The van der Waals surface area contributed by atoms with E-state index >= 15 is 0 Å². The first-order chi connectivity index (χ1) is 9.14. The Hall–Kier alpha value is -0.693. The van der Waals surface area contributed by atoms with Gasteiger partial charge in [-0.3, -0.25) is 0 Å². The molecule has 112 valence electrons. The van der Waals surface area contributed by atoms with Crippen LogP contribution in [0.25, 0.3) is 0 Å². The molecule has 1 rings (SSSR count). The van der Waals surface area contributed by atoms with E-state index in [9.17, 15) is 0 Å². The summed E-state index contributed by atoms with van der Waals surface area (Å²) in [5.74, 6) is 0. The van der Waals surface area contributed by atoms with Crippen LogP contribution in [0.4, 0.5) is 0 Å². The lowest BCUT2D eigenvalue weighted by Gasteiger charge is -2.27. The van der Waals surface area contributed by atoms with E-state index in [2.05, 4.69) is 11.9 Å². The number of aryl methyl sites for hydroxylation is 1. The minimum absolute atomic E-state index is 0.673. The molecule has 0 aliphatic carbocycles. The number of hydrogen-bond acceptors (Lipinski definition) is 4. The van der Waals surface area contributed by atoms with Gasteiger partial charge in [0, 0.05) is 45.3 Å². The SMILES string of the molecule is CCC[Si](OCC)(OCC)OCC.Cn1ccnc1. The highest BCUT2D eigenvalue weighted by Gasteiger charge is 2.38. The summed E-state index contributed by atoms with van der Waals surface area (Å²) in [4.78, 5) is 3.78. The normalized spacial score (nSPS) is 11.0. The van der Waals surface area contributed by atoms with Crippen LogP contribution in [-0.4, -0.2) is 38.2 Å². The van der Waals surface area contributed by atoms with Crippen LogP contribution in [0, 0.1) is 0 Å². The molecule has 0 amide bonds. The van der Waals surface area contributed by atoms with Crippen molar-refractivity contribution in [3.8, 4) is 0 Å². The highest BCUT2D eigenvalue weighted by atomic mass is 28.4. The summed E-state index contributed by atoms with van der Waals surface area (Å²) in [6, 6.07) is 0.919. The Morgan fingerprint density at radius 3 is 1.74 bits per heavy atom. The Labute approximate surface area is 118 Å². The molecule has 5 nitrogen and oxygen atoms in total. The van der Waals surface area contributed by atoms with Crippen molar-refractivity contribution in [1.82, 2.24) is 9.55 Å². The minimum atomic E-state index is -2.30. The zero-order chi connectivity index (χ0) is 14.6. The first kappa shape index (κ1) is 18.3. The van der Waals surface area contributed by atoms with Crippen molar-refractivity contribution >= 4 is 8.80 Å². The molecule has 19 heavy (non-hydrogen) atoms. The number of hydrogen-bond donors (Lipinski definition) is 0. The van der Waals surface area contributed by atoms with Crippen molar-refractivity contribution in [2.45, 2.75) is 40.2 Å². The van der Waals surface area contributed by atoms with Crippen LogP contribution in [0.5, 0.6) is 0 Å². The van der Waals surface area contributed by atoms with Gasteiger partial charge in [0.05, 0.1) is 6.33 Å². The summed E-state index contributed by atoms with van der Waals surface area (Å²) in [5, 5.41) is 0. The number of aromatic nitrogens is 2. The molecule has 0 fully saturated rings. The monoisotopic (exact) mass is 288 g/mol. The smallest absolute Gasteiger partial charge is 0.374 e. The van der Waals surface area contributed by atoms with Gasteiger partial charge >= 0.3 is 8.80 Å². The maximum atomic E-state index is 5.65. The van der Waals surface area contributed by atoms with E-state index in [1.54, 1.807) is 12.5 Å². The second-order valence-electron chi connectivity index (χ2n) is 3.96. The van der Waals surface area contributed by atoms with E-state index in [0.29, 0.717) is 19.8 Å². The van der Waals surface area contributed by atoms with E-state index < -0.39 is 8.80 Å². The maximum Gasteiger partial charge on any atom is 0.500 e. The number of imidazole rings is 1. The molecule has 0 aromatic carbocycles. The van der Waals surface area contributed by atoms with Gasteiger partial charge in [0.1, 0.15) is 0 Å². The summed E-state index contributed by atoms with van der Waals surface area (Å²) >= 11 is 0. The molecule has 0 bridgehead atoms. The molecule has 6 heteroatoms. The molecule has 0 saturated carbocycles. The third kappa shape index (κ3) is 8.15. The van der Waals surface area contributed by atoms with Gasteiger partial charge in [-0.1, -0.05) is 13.3 Å². The van der Waals surface area contributed by atoms with Crippen molar-refractivity contribution in [3.63, 3.8) is 0 Å². The molecule has 0 N–H and O–H groups in total. The number of rotatable bonds is 8. The molecule has 0 spiro atoms. The lowest BCUT2D eigenvalue weighted by Crippen LogP contribution is -2.45. The fourth-order valence-electron chi connectivity index (χ4n) is 1.63. The molecular weight excluding hydrogens is 260 g/mol. The van der Waals surface area contributed by atoms with E-state index in [-0.39, 0.29) is 0 Å². The second-order valence-corrected chi connectivity index (χ2v) is 6.69. The standard InChI is InChI=1S/C9H22O3Si.C4H6N2/c1-5-9-13(10-6-2,11-7-3)12-8-4;1-6-3-2-5-4-6/h5-9H2,1-4H3;2-4H,1H3. The molecule has 0 radical (unpaired) electrons. The van der Waals surface area contributed by atoms with Crippen LogP contribution in [0.2, 0.25) is 6.04 Å². The Kier molecular flexibility index (Phi) is 10.8. The van der Waals surface area contributed by atoms with Crippen molar-refractivity contribution in [2.75, 3.05) is 19.8 Å². The van der Waals surface area contributed by atoms with Crippen LogP contribution < -0.4 is 0 Å². The molecule has 1 aromatic rings. The van der Waals surface area contributed by atoms with Crippen LogP contribution in [0.3, 0.4) is 0 Å². The summed E-state index contributed by atoms with van der Waals surface area (Å²) in [6.45, 7) is 10.1. The summed E-state index contributed by atoms with van der Waals surface area (Å²) in [6.07, 6.45) is 6.44. The summed E-state index contributed by atoms with van der Waals surface area (Å²) < 4.78 is 18.8. The highest BCUT2D eigenvalue weighted by Crippen LogP contribution is 2.17. The molecule has 0 saturated heterocycles. The van der Waals surface area contributed by atoms with Gasteiger partial charge in [-0.05, 0) is 20.8 Å². The third-order valence-corrected chi connectivity index (χ3v) is 5.58. The largest absolute Gasteiger partial charge is 0.500 e. The van der Waals surface area contributed by atoms with Crippen LogP contribution in [0.1, 0.15) is 34.1 Å². The maximum absolute atomic E-state index is 5.65. The zero-order valence-electron chi connectivity index (χ0n) is 12.9. The average molecular weight is 288 g/mol. The van der Waals surface area contributed by atoms with E-state index in [1.165, 1.54) is 0 Å². The summed E-state index contributed by atoms with van der Waals surface area (Å²) in [5.41, 5.74) is 0. The van der Waals surface area contributed by atoms with Gasteiger partial charge in [-0.15, -0.1) is 0 Å². The van der Waals surface area contributed by atoms with Crippen molar-refractivity contribution in [2.24, 2.45) is 7.05 Å². The molecule has 0 atom stereocenters. The van der Waals surface area contributed by atoms with Crippen LogP contribution >= 0.6 is 0 Å². The fourth-order valence-corrected chi connectivity index (χ4v) is 4.25. The van der Waals surface area contributed by atoms with Gasteiger partial charge in [0.15, 0.2) is 0 Å². The molecular formula is C13H28N2O3Si. The van der Waals surface area contributed by atoms with Crippen molar-refractivity contribution < 1.29 is 13.3 Å². The number of nitrogens with zero attached hydrogens (tertiary/aromatic N) is 2. The van der Waals surface area contributed by atoms with Crippen molar-refractivity contribution in [3.05, 3.63) is 18.7 Å². The highest BCUT2D eigenvalue weighted by molar-refractivity contribution is 6.60. The average Bonchev–Trinajstić information content (AvgIpc) is 2.82. The molecule has 1 aromatic heterocycles. The van der Waals surface area contributed by atoms with Gasteiger partial charge < -0.3 is 17.8 Å². The second kappa shape index (κ2) is 11.2. The van der Waals surface area contributed by atoms with E-state index in [0.717, 1.165) is 12.5 Å². The van der Waals surface area contributed by atoms with Gasteiger partial charge in [0.25, 0.3) is 0 Å². The predicted molar refractivity (Wildman–Crippen MR) is 78.9 cm³/mol. The molecule has 1 heterocycles. The lowest BCUT2D eigenvalue weighted by atomic mass is 10.6. The summed E-state index contributed by atoms with van der Waals surface area (Å²) in [7, 11) is -0.358. The molecule has 0 aliphatic heterocycles. The Morgan fingerprint density at radius 2 is 1.53 bits per heavy atom. The van der Waals surface area contributed by atoms with Gasteiger partial charge in [-0.25, -0.2) is 4.98 Å². The van der Waals surface area contributed by atoms with E-state index in [1.807, 2.05) is 38.6 Å². The Balaban J connectivity index is 0.000000443. The fraction of sp³-hybridized carbons (Fsp3) is 0.769.